The number of rotatable bonds is 0. The first-order chi connectivity index (χ1) is 11.5. The molecule has 0 aromatic heterocycles. The van der Waals surface area contributed by atoms with Crippen molar-refractivity contribution in [1.29, 1.82) is 0 Å². The lowest BCUT2D eigenvalue weighted by Gasteiger charge is -2.51. The Morgan fingerprint density at radius 2 is 1.80 bits per heavy atom. The van der Waals surface area contributed by atoms with Gasteiger partial charge in [0.25, 0.3) is 0 Å². The minimum absolute atomic E-state index is 0.0461. The van der Waals surface area contributed by atoms with Gasteiger partial charge in [-0.3, -0.25) is 0 Å². The van der Waals surface area contributed by atoms with Crippen molar-refractivity contribution in [2.75, 3.05) is 0 Å². The van der Waals surface area contributed by atoms with Gasteiger partial charge in [0.2, 0.25) is 0 Å². The largest absolute Gasteiger partial charge is 0.392 e. The summed E-state index contributed by atoms with van der Waals surface area (Å²) in [6.45, 7) is 9.81. The number of epoxide rings is 1. The summed E-state index contributed by atoms with van der Waals surface area (Å²) >= 11 is 0. The lowest BCUT2D eigenvalue weighted by Crippen LogP contribution is -2.63. The third kappa shape index (κ3) is 1.56. The molecule has 4 saturated carbocycles. The summed E-state index contributed by atoms with van der Waals surface area (Å²) < 4.78 is 5.84. The molecule has 5 heteroatoms. The summed E-state index contributed by atoms with van der Waals surface area (Å²) in [5, 5.41) is 45.8. The number of ether oxygens (including phenoxy) is 1. The van der Waals surface area contributed by atoms with Crippen LogP contribution in [0.5, 0.6) is 0 Å². The fourth-order valence-electron chi connectivity index (χ4n) is 7.80. The van der Waals surface area contributed by atoms with Gasteiger partial charge >= 0.3 is 0 Å². The number of aliphatic hydroxyl groups excluding tert-OH is 2. The van der Waals surface area contributed by atoms with Crippen LogP contribution in [0, 0.1) is 28.6 Å². The average molecular weight is 350 g/mol. The van der Waals surface area contributed by atoms with Gasteiger partial charge in [-0.15, -0.1) is 0 Å². The zero-order valence-corrected chi connectivity index (χ0v) is 15.3. The van der Waals surface area contributed by atoms with Crippen LogP contribution in [-0.2, 0) is 4.74 Å². The molecule has 0 radical (unpaired) electrons. The van der Waals surface area contributed by atoms with Crippen molar-refractivity contribution >= 4 is 0 Å². The smallest absolute Gasteiger partial charge is 0.106 e. The zero-order chi connectivity index (χ0) is 18.2. The Labute approximate surface area is 148 Å². The highest BCUT2D eigenvalue weighted by molar-refractivity contribution is 5.33. The van der Waals surface area contributed by atoms with Gasteiger partial charge in [0, 0.05) is 22.7 Å². The van der Waals surface area contributed by atoms with Crippen LogP contribution in [-0.4, -0.2) is 56.0 Å². The molecule has 4 aliphatic carbocycles. The van der Waals surface area contributed by atoms with Crippen LogP contribution in [0.1, 0.15) is 46.5 Å². The summed E-state index contributed by atoms with van der Waals surface area (Å²) in [5.74, 6) is -0.681. The lowest BCUT2D eigenvalue weighted by molar-refractivity contribution is -0.222. The zero-order valence-electron chi connectivity index (χ0n) is 15.3. The second-order valence-corrected chi connectivity index (χ2v) is 10.2. The van der Waals surface area contributed by atoms with Crippen molar-refractivity contribution in [3.05, 3.63) is 12.2 Å². The Morgan fingerprint density at radius 1 is 1.12 bits per heavy atom. The fourth-order valence-corrected chi connectivity index (χ4v) is 7.80. The molecule has 1 saturated heterocycles. The molecule has 5 rings (SSSR count). The molecule has 1 spiro atoms. The Hall–Kier alpha value is -0.460. The minimum atomic E-state index is -1.42. The first-order valence-corrected chi connectivity index (χ1v) is 9.63. The van der Waals surface area contributed by atoms with Crippen LogP contribution in [0.15, 0.2) is 12.2 Å². The standard InChI is InChI=1S/C20H30O5/c1-9-7-19-8-12(21)20(24)14(13-16(25-13)17(20,2)3)18(4,23)11(19)6-5-10(9)15(19)22/h10-16,21-24H,1,5-8H2,2-4H3/t10-,11-,12+,13-,14-,15+,16-,18+,19+,20+/m0/s1. The van der Waals surface area contributed by atoms with E-state index in [1.165, 1.54) is 0 Å². The summed E-state index contributed by atoms with van der Waals surface area (Å²) in [6, 6.07) is 0. The van der Waals surface area contributed by atoms with Crippen molar-refractivity contribution in [3.8, 4) is 0 Å². The normalized spacial score (nSPS) is 64.3. The van der Waals surface area contributed by atoms with Gasteiger partial charge < -0.3 is 25.2 Å². The summed E-state index contributed by atoms with van der Waals surface area (Å²) in [5.41, 5.74) is -2.86. The number of fused-ring (bicyclic) bond motifs is 4. The van der Waals surface area contributed by atoms with E-state index in [9.17, 15) is 20.4 Å². The summed E-state index contributed by atoms with van der Waals surface area (Å²) in [6.07, 6.45) is 0.556. The molecule has 10 atom stereocenters. The first-order valence-electron chi connectivity index (χ1n) is 9.63. The third-order valence-corrected chi connectivity index (χ3v) is 9.00. The van der Waals surface area contributed by atoms with Crippen molar-refractivity contribution in [1.82, 2.24) is 0 Å². The molecule has 2 bridgehead atoms. The third-order valence-electron chi connectivity index (χ3n) is 9.00. The van der Waals surface area contributed by atoms with E-state index in [1.54, 1.807) is 6.92 Å². The maximum atomic E-state index is 11.8. The lowest BCUT2D eigenvalue weighted by atomic mass is 9.57. The van der Waals surface area contributed by atoms with Crippen molar-refractivity contribution < 1.29 is 25.2 Å². The van der Waals surface area contributed by atoms with E-state index in [0.717, 1.165) is 18.4 Å². The van der Waals surface area contributed by atoms with Gasteiger partial charge in [-0.1, -0.05) is 26.0 Å². The molecule has 0 aromatic carbocycles. The van der Waals surface area contributed by atoms with Crippen LogP contribution in [0.3, 0.4) is 0 Å². The molecular weight excluding hydrogens is 320 g/mol. The van der Waals surface area contributed by atoms with Gasteiger partial charge in [-0.25, -0.2) is 0 Å². The Bertz CT molecular complexity index is 656. The molecule has 5 aliphatic rings. The molecule has 140 valence electrons. The van der Waals surface area contributed by atoms with Gasteiger partial charge in [0.05, 0.1) is 30.0 Å². The molecule has 1 heterocycles. The van der Waals surface area contributed by atoms with E-state index >= 15 is 0 Å². The van der Waals surface area contributed by atoms with Crippen LogP contribution in [0.25, 0.3) is 0 Å². The predicted molar refractivity (Wildman–Crippen MR) is 90.5 cm³/mol. The molecular formula is C20H30O5. The monoisotopic (exact) mass is 350 g/mol. The molecule has 0 amide bonds. The van der Waals surface area contributed by atoms with Crippen molar-refractivity contribution in [2.24, 2.45) is 28.6 Å². The van der Waals surface area contributed by atoms with Gasteiger partial charge in [-0.2, -0.15) is 0 Å². The average Bonchev–Trinajstić information content (AvgIpc) is 3.22. The Morgan fingerprint density at radius 3 is 2.48 bits per heavy atom. The highest BCUT2D eigenvalue weighted by Crippen LogP contribution is 2.72. The highest BCUT2D eigenvalue weighted by atomic mass is 16.6. The topological polar surface area (TPSA) is 93.5 Å². The van der Waals surface area contributed by atoms with Gasteiger partial charge in [0.1, 0.15) is 5.60 Å². The highest BCUT2D eigenvalue weighted by Gasteiger charge is 2.82. The Balaban J connectivity index is 1.70. The SMILES string of the molecule is C=C1C[C@@]23C[C@@H](O)[C@@]4(O)[C@@H]([C@@H]5O[C@@H]5C4(C)C)[C@](C)(O)[C@@H]2CC[C@@H]1[C@H]3O. The van der Waals surface area contributed by atoms with E-state index in [1.807, 2.05) is 13.8 Å². The maximum absolute atomic E-state index is 11.8. The second kappa shape index (κ2) is 4.33. The van der Waals surface area contributed by atoms with E-state index in [0.29, 0.717) is 12.8 Å². The van der Waals surface area contributed by atoms with E-state index in [4.69, 9.17) is 4.74 Å². The van der Waals surface area contributed by atoms with Gasteiger partial charge in [-0.05, 0) is 38.5 Å². The maximum Gasteiger partial charge on any atom is 0.106 e. The summed E-state index contributed by atoms with van der Waals surface area (Å²) in [7, 11) is 0. The number of hydrogen-bond donors (Lipinski definition) is 4. The predicted octanol–water partition coefficient (Wildman–Crippen LogP) is 0.990. The molecule has 0 unspecified atom stereocenters. The summed E-state index contributed by atoms with van der Waals surface area (Å²) in [4.78, 5) is 0. The second-order valence-electron chi connectivity index (χ2n) is 10.2. The molecule has 4 N–H and O–H groups in total. The van der Waals surface area contributed by atoms with Gasteiger partial charge in [0.15, 0.2) is 0 Å². The number of aliphatic hydroxyl groups is 4. The van der Waals surface area contributed by atoms with Crippen LogP contribution >= 0.6 is 0 Å². The molecule has 1 aliphatic heterocycles. The fraction of sp³-hybridized carbons (Fsp3) is 0.900. The van der Waals surface area contributed by atoms with E-state index < -0.39 is 40.2 Å². The van der Waals surface area contributed by atoms with Crippen LogP contribution in [0.2, 0.25) is 0 Å². The van der Waals surface area contributed by atoms with Crippen LogP contribution < -0.4 is 0 Å². The van der Waals surface area contributed by atoms with Crippen molar-refractivity contribution in [3.63, 3.8) is 0 Å². The molecule has 25 heavy (non-hydrogen) atoms. The van der Waals surface area contributed by atoms with Crippen molar-refractivity contribution in [2.45, 2.75) is 82.1 Å². The molecule has 5 fully saturated rings. The molecule has 5 nitrogen and oxygen atoms in total. The van der Waals surface area contributed by atoms with Crippen LogP contribution in [0.4, 0.5) is 0 Å². The molecule has 0 aromatic rings. The quantitative estimate of drug-likeness (QED) is 0.386. The first kappa shape index (κ1) is 16.7. The number of hydrogen-bond acceptors (Lipinski definition) is 5. The minimum Gasteiger partial charge on any atom is -0.392 e. The van der Waals surface area contributed by atoms with E-state index in [2.05, 4.69) is 6.58 Å². The Kier molecular flexibility index (Phi) is 2.89. The van der Waals surface area contributed by atoms with E-state index in [-0.39, 0.29) is 24.0 Å².